The van der Waals surface area contributed by atoms with Gasteiger partial charge in [0.15, 0.2) is 12.1 Å². The number of rotatable bonds is 11. The molecule has 10 heteroatoms. The molecule has 2 fully saturated rings. The van der Waals surface area contributed by atoms with Crippen molar-refractivity contribution in [2.24, 2.45) is 17.3 Å². The molecule has 0 spiro atoms. The van der Waals surface area contributed by atoms with Crippen molar-refractivity contribution in [3.05, 3.63) is 42.3 Å². The van der Waals surface area contributed by atoms with Gasteiger partial charge in [-0.2, -0.15) is 0 Å². The summed E-state index contributed by atoms with van der Waals surface area (Å²) in [5.74, 6) is -1.51. The summed E-state index contributed by atoms with van der Waals surface area (Å²) in [5, 5.41) is 10.1. The zero-order valence-corrected chi connectivity index (χ0v) is 30.4. The number of hydrogen-bond donors (Lipinski definition) is 1. The SMILES string of the molecule is CCN1C[C@H](C)C[C@@](C)(OC)[C@H](O[C@H]2[CH][C@H](N(C)C)C[C@@H](C)O2)[C@@H](C)C(=O)C(C)(C)C(=O)OC[C@H]1[C@@H](CCO)OCc1ccccc1. The van der Waals surface area contributed by atoms with Crippen LogP contribution in [-0.2, 0) is 39.9 Å². The number of cyclic esters (lactones) is 1. The summed E-state index contributed by atoms with van der Waals surface area (Å²) < 4.78 is 31.7. The minimum Gasteiger partial charge on any atom is -0.463 e. The highest BCUT2D eigenvalue weighted by Crippen LogP contribution is 2.38. The first-order valence-corrected chi connectivity index (χ1v) is 17.3. The van der Waals surface area contributed by atoms with Crippen LogP contribution in [0.5, 0.6) is 0 Å². The largest absolute Gasteiger partial charge is 0.463 e. The Bertz CT molecular complexity index is 1120. The van der Waals surface area contributed by atoms with E-state index in [0.29, 0.717) is 32.5 Å². The smallest absolute Gasteiger partial charge is 0.319 e. The number of aliphatic hydroxyl groups excluding tert-OH is 1. The highest BCUT2D eigenvalue weighted by Gasteiger charge is 2.50. The van der Waals surface area contributed by atoms with E-state index in [2.05, 4.69) is 23.6 Å². The highest BCUT2D eigenvalue weighted by atomic mass is 16.7. The van der Waals surface area contributed by atoms with Gasteiger partial charge in [0, 0.05) is 38.6 Å². The molecule has 0 unspecified atom stereocenters. The van der Waals surface area contributed by atoms with E-state index < -0.39 is 41.4 Å². The number of carbonyl (C=O) groups excluding carboxylic acids is 2. The number of benzene rings is 1. The Balaban J connectivity index is 1.99. The van der Waals surface area contributed by atoms with E-state index in [1.807, 2.05) is 71.6 Å². The topological polar surface area (TPSA) is 107 Å². The number of ketones is 1. The predicted molar refractivity (Wildman–Crippen MR) is 181 cm³/mol. The van der Waals surface area contributed by atoms with Crippen LogP contribution in [0.25, 0.3) is 0 Å². The van der Waals surface area contributed by atoms with Crippen molar-refractivity contribution in [1.29, 1.82) is 0 Å². The van der Waals surface area contributed by atoms with Crippen molar-refractivity contribution in [3.63, 3.8) is 0 Å². The average Bonchev–Trinajstić information content (AvgIpc) is 3.04. The fourth-order valence-electron chi connectivity index (χ4n) is 7.18. The van der Waals surface area contributed by atoms with Crippen LogP contribution in [0.3, 0.4) is 0 Å². The summed E-state index contributed by atoms with van der Waals surface area (Å²) in [7, 11) is 5.71. The van der Waals surface area contributed by atoms with Crippen molar-refractivity contribution in [2.75, 3.05) is 47.5 Å². The lowest BCUT2D eigenvalue weighted by Crippen LogP contribution is -2.55. The number of esters is 1. The molecule has 0 amide bonds. The monoisotopic (exact) mass is 661 g/mol. The molecule has 1 N–H and O–H groups in total. The summed E-state index contributed by atoms with van der Waals surface area (Å²) in [6.07, 6.45) is 2.00. The zero-order chi connectivity index (χ0) is 34.9. The molecule has 0 saturated carbocycles. The number of hydrogen-bond acceptors (Lipinski definition) is 10. The van der Waals surface area contributed by atoms with Crippen LogP contribution in [0.1, 0.15) is 73.3 Å². The van der Waals surface area contributed by atoms with E-state index in [1.54, 1.807) is 21.0 Å². The van der Waals surface area contributed by atoms with Gasteiger partial charge in [-0.3, -0.25) is 14.5 Å². The van der Waals surface area contributed by atoms with E-state index >= 15 is 0 Å². The van der Waals surface area contributed by atoms with Crippen molar-refractivity contribution in [1.82, 2.24) is 9.80 Å². The third-order valence-corrected chi connectivity index (χ3v) is 10.0. The van der Waals surface area contributed by atoms with Crippen LogP contribution in [0.15, 0.2) is 30.3 Å². The molecule has 0 aliphatic carbocycles. The number of Topliss-reactive ketones (excluding diaryl/α,β-unsaturated/α-hetero) is 1. The second-order valence-corrected chi connectivity index (χ2v) is 14.5. The minimum atomic E-state index is -1.45. The zero-order valence-electron chi connectivity index (χ0n) is 30.4. The van der Waals surface area contributed by atoms with Crippen LogP contribution in [0.4, 0.5) is 0 Å². The van der Waals surface area contributed by atoms with Gasteiger partial charge in [-0.25, -0.2) is 0 Å². The summed E-state index contributed by atoms with van der Waals surface area (Å²) in [5.41, 5.74) is -1.33. The standard InChI is InChI=1S/C37H61N2O8/c1-11-39-22-25(2)21-37(7,43-10)34(47-32-20-29(38(8)9)19-26(3)46-32)27(4)33(41)36(5,6)35(42)45-24-30(39)31(17-18-40)44-23-28-15-13-12-14-16-28/h12-16,20,25-27,29-32,34,40H,11,17-19,21-24H2,1-10H3/t25-,26-,27+,29-,30+,31-,32+,34-,37-/m1/s1. The molecule has 267 valence electrons. The third-order valence-electron chi connectivity index (χ3n) is 10.0. The molecule has 3 rings (SSSR count). The lowest BCUT2D eigenvalue weighted by Gasteiger charge is -2.45. The molecule has 2 heterocycles. The van der Waals surface area contributed by atoms with Gasteiger partial charge < -0.3 is 33.7 Å². The molecule has 1 radical (unpaired) electrons. The molecule has 2 aliphatic heterocycles. The first-order valence-electron chi connectivity index (χ1n) is 17.3. The maximum Gasteiger partial charge on any atom is 0.319 e. The van der Waals surface area contributed by atoms with Crippen LogP contribution < -0.4 is 0 Å². The first kappa shape index (κ1) is 39.5. The Kier molecular flexibility index (Phi) is 14.8. The highest BCUT2D eigenvalue weighted by molar-refractivity contribution is 6.04. The normalized spacial score (nSPS) is 33.8. The lowest BCUT2D eigenvalue weighted by atomic mass is 9.74. The van der Waals surface area contributed by atoms with E-state index in [4.69, 9.17) is 23.7 Å². The van der Waals surface area contributed by atoms with Crippen LogP contribution in [0.2, 0.25) is 0 Å². The maximum absolute atomic E-state index is 14.3. The Labute approximate surface area is 283 Å². The summed E-state index contributed by atoms with van der Waals surface area (Å²) in [6.45, 7) is 14.9. The molecule has 10 nitrogen and oxygen atoms in total. The van der Waals surface area contributed by atoms with Gasteiger partial charge >= 0.3 is 5.97 Å². The van der Waals surface area contributed by atoms with E-state index in [1.165, 1.54) is 0 Å². The molecular formula is C37H61N2O8. The van der Waals surface area contributed by atoms with Crippen LogP contribution in [0, 0.1) is 23.7 Å². The minimum absolute atomic E-state index is 0.0279. The average molecular weight is 662 g/mol. The van der Waals surface area contributed by atoms with Gasteiger partial charge in [0.2, 0.25) is 0 Å². The van der Waals surface area contributed by atoms with Crippen molar-refractivity contribution >= 4 is 11.8 Å². The van der Waals surface area contributed by atoms with Gasteiger partial charge in [-0.05, 0) is 79.1 Å². The summed E-state index contributed by atoms with van der Waals surface area (Å²) in [6, 6.07) is 9.68. The fraction of sp³-hybridized carbons (Fsp3) is 0.757. The molecule has 47 heavy (non-hydrogen) atoms. The van der Waals surface area contributed by atoms with Gasteiger partial charge in [-0.15, -0.1) is 0 Å². The molecule has 0 bridgehead atoms. The molecule has 1 aromatic rings. The summed E-state index contributed by atoms with van der Waals surface area (Å²) >= 11 is 0. The van der Waals surface area contributed by atoms with Crippen molar-refractivity contribution < 1.29 is 38.4 Å². The Morgan fingerprint density at radius 2 is 1.79 bits per heavy atom. The molecule has 0 aromatic heterocycles. The lowest BCUT2D eigenvalue weighted by molar-refractivity contribution is -0.245. The number of carbonyl (C=O) groups is 2. The number of methoxy groups -OCH3 is 1. The molecule has 9 atom stereocenters. The van der Waals surface area contributed by atoms with E-state index in [0.717, 1.165) is 12.0 Å². The van der Waals surface area contributed by atoms with Gasteiger partial charge in [0.05, 0.1) is 36.6 Å². The van der Waals surface area contributed by atoms with Crippen molar-refractivity contribution in [3.8, 4) is 0 Å². The number of likely N-dealkylation sites (N-methyl/N-ethyl adjacent to an activating group) is 1. The first-order chi connectivity index (χ1) is 22.2. The fourth-order valence-corrected chi connectivity index (χ4v) is 7.18. The Morgan fingerprint density at radius 1 is 1.11 bits per heavy atom. The van der Waals surface area contributed by atoms with Crippen LogP contribution in [-0.4, -0.2) is 116 Å². The Hall–Kier alpha value is -1.92. The maximum atomic E-state index is 14.3. The third kappa shape index (κ3) is 10.3. The van der Waals surface area contributed by atoms with Gasteiger partial charge in [0.25, 0.3) is 0 Å². The van der Waals surface area contributed by atoms with Gasteiger partial charge in [-0.1, -0.05) is 51.1 Å². The second-order valence-electron chi connectivity index (χ2n) is 14.5. The van der Waals surface area contributed by atoms with Crippen LogP contribution >= 0.6 is 0 Å². The van der Waals surface area contributed by atoms with E-state index in [-0.39, 0.29) is 43.1 Å². The number of ether oxygens (including phenoxy) is 5. The molecule has 1 aromatic carbocycles. The van der Waals surface area contributed by atoms with Gasteiger partial charge in [0.1, 0.15) is 12.0 Å². The molecule has 2 saturated heterocycles. The Morgan fingerprint density at radius 3 is 2.38 bits per heavy atom. The second kappa shape index (κ2) is 17.7. The number of aliphatic hydroxyl groups is 1. The molecular weight excluding hydrogens is 600 g/mol. The van der Waals surface area contributed by atoms with Crippen molar-refractivity contribution in [2.45, 2.75) is 117 Å². The quantitative estimate of drug-likeness (QED) is 0.269. The number of nitrogens with zero attached hydrogens (tertiary/aromatic N) is 2. The predicted octanol–water partition coefficient (Wildman–Crippen LogP) is 4.52. The molecule has 2 aliphatic rings. The van der Waals surface area contributed by atoms with E-state index in [9.17, 15) is 14.7 Å². The summed E-state index contributed by atoms with van der Waals surface area (Å²) in [4.78, 5) is 32.5.